The highest BCUT2D eigenvalue weighted by molar-refractivity contribution is 7.12. The standard InChI is InChI=1S/C17H15N5OS/c23-17(20-12-5-6-16-15(10-12)21-22-24-16)18-8-7-13-9-11-3-1-2-4-14(11)19-13/h1-6,9-10,19H,7-8H2,(H2,18,20,23). The van der Waals surface area contributed by atoms with E-state index in [1.807, 2.05) is 36.4 Å². The molecule has 0 aliphatic rings. The van der Waals surface area contributed by atoms with E-state index in [0.717, 1.165) is 27.8 Å². The Labute approximate surface area is 142 Å². The first-order chi connectivity index (χ1) is 11.8. The zero-order valence-corrected chi connectivity index (χ0v) is 13.6. The lowest BCUT2D eigenvalue weighted by Crippen LogP contribution is -2.30. The van der Waals surface area contributed by atoms with Crippen molar-refractivity contribution in [3.05, 3.63) is 54.2 Å². The summed E-state index contributed by atoms with van der Waals surface area (Å²) in [7, 11) is 0. The summed E-state index contributed by atoms with van der Waals surface area (Å²) >= 11 is 1.34. The molecule has 0 aliphatic carbocycles. The largest absolute Gasteiger partial charge is 0.358 e. The van der Waals surface area contributed by atoms with E-state index in [1.165, 1.54) is 16.9 Å². The van der Waals surface area contributed by atoms with Crippen LogP contribution in [0.3, 0.4) is 0 Å². The second-order valence-electron chi connectivity index (χ2n) is 5.47. The van der Waals surface area contributed by atoms with Crippen molar-refractivity contribution in [2.75, 3.05) is 11.9 Å². The zero-order valence-electron chi connectivity index (χ0n) is 12.7. The molecule has 0 aliphatic heterocycles. The molecule has 0 fully saturated rings. The number of para-hydroxylation sites is 1. The van der Waals surface area contributed by atoms with Gasteiger partial charge in [-0.3, -0.25) is 0 Å². The van der Waals surface area contributed by atoms with Crippen LogP contribution in [0.25, 0.3) is 21.1 Å². The molecular formula is C17H15N5OS. The number of fused-ring (bicyclic) bond motifs is 2. The minimum absolute atomic E-state index is 0.228. The first-order valence-corrected chi connectivity index (χ1v) is 8.39. The third kappa shape index (κ3) is 3.07. The maximum absolute atomic E-state index is 12.0. The van der Waals surface area contributed by atoms with Crippen LogP contribution in [0.5, 0.6) is 0 Å². The van der Waals surface area contributed by atoms with E-state index in [1.54, 1.807) is 0 Å². The van der Waals surface area contributed by atoms with Crippen LogP contribution in [0.1, 0.15) is 5.69 Å². The number of aromatic nitrogens is 3. The van der Waals surface area contributed by atoms with E-state index >= 15 is 0 Å². The Bertz CT molecular complexity index is 973. The summed E-state index contributed by atoms with van der Waals surface area (Å²) in [6.07, 6.45) is 0.747. The Kier molecular flexibility index (Phi) is 3.84. The van der Waals surface area contributed by atoms with E-state index in [9.17, 15) is 4.79 Å². The maximum atomic E-state index is 12.0. The van der Waals surface area contributed by atoms with Crippen molar-refractivity contribution in [3.63, 3.8) is 0 Å². The molecule has 0 spiro atoms. The molecular weight excluding hydrogens is 322 g/mol. The average molecular weight is 337 g/mol. The minimum Gasteiger partial charge on any atom is -0.358 e. The van der Waals surface area contributed by atoms with Crippen LogP contribution in [0.15, 0.2) is 48.5 Å². The SMILES string of the molecule is O=C(NCCc1cc2ccccc2[nH]1)Nc1ccc2snnc2c1. The summed E-state index contributed by atoms with van der Waals surface area (Å²) in [6, 6.07) is 15.6. The molecule has 0 atom stereocenters. The van der Waals surface area contributed by atoms with E-state index < -0.39 is 0 Å². The van der Waals surface area contributed by atoms with Gasteiger partial charge in [-0.15, -0.1) is 5.10 Å². The molecule has 2 amide bonds. The Balaban J connectivity index is 1.32. The lowest BCUT2D eigenvalue weighted by atomic mass is 10.2. The molecule has 0 radical (unpaired) electrons. The Hall–Kier alpha value is -2.93. The van der Waals surface area contributed by atoms with Crippen molar-refractivity contribution in [2.24, 2.45) is 0 Å². The van der Waals surface area contributed by atoms with Crippen molar-refractivity contribution < 1.29 is 4.79 Å². The maximum Gasteiger partial charge on any atom is 0.319 e. The number of amides is 2. The highest BCUT2D eigenvalue weighted by atomic mass is 32.1. The van der Waals surface area contributed by atoms with E-state index in [-0.39, 0.29) is 6.03 Å². The molecule has 2 aromatic heterocycles. The van der Waals surface area contributed by atoms with Crippen LogP contribution in [0, 0.1) is 0 Å². The van der Waals surface area contributed by atoms with Gasteiger partial charge in [0.1, 0.15) is 5.52 Å². The first-order valence-electron chi connectivity index (χ1n) is 7.61. The second-order valence-corrected chi connectivity index (χ2v) is 6.25. The van der Waals surface area contributed by atoms with Gasteiger partial charge in [0.25, 0.3) is 0 Å². The van der Waals surface area contributed by atoms with E-state index in [2.05, 4.69) is 37.3 Å². The summed E-state index contributed by atoms with van der Waals surface area (Å²) in [5, 5.41) is 10.9. The molecule has 120 valence electrons. The molecule has 0 saturated carbocycles. The number of rotatable bonds is 4. The van der Waals surface area contributed by atoms with Crippen LogP contribution in [0.4, 0.5) is 10.5 Å². The summed E-state index contributed by atoms with van der Waals surface area (Å²) in [4.78, 5) is 15.3. The summed E-state index contributed by atoms with van der Waals surface area (Å²) in [6.45, 7) is 0.555. The molecule has 6 nitrogen and oxygen atoms in total. The van der Waals surface area contributed by atoms with Gasteiger partial charge in [-0.05, 0) is 47.3 Å². The van der Waals surface area contributed by atoms with Crippen LogP contribution < -0.4 is 10.6 Å². The van der Waals surface area contributed by atoms with Gasteiger partial charge in [0.2, 0.25) is 0 Å². The molecule has 0 unspecified atom stereocenters. The van der Waals surface area contributed by atoms with Crippen LogP contribution >= 0.6 is 11.5 Å². The molecule has 4 rings (SSSR count). The van der Waals surface area contributed by atoms with Gasteiger partial charge in [-0.1, -0.05) is 22.7 Å². The number of hydrogen-bond acceptors (Lipinski definition) is 4. The topological polar surface area (TPSA) is 82.7 Å². The highest BCUT2D eigenvalue weighted by Crippen LogP contribution is 2.19. The van der Waals surface area contributed by atoms with Crippen molar-refractivity contribution in [3.8, 4) is 0 Å². The van der Waals surface area contributed by atoms with Gasteiger partial charge >= 0.3 is 6.03 Å². The first kappa shape index (κ1) is 14.6. The molecule has 7 heteroatoms. The van der Waals surface area contributed by atoms with Gasteiger partial charge in [-0.2, -0.15) is 0 Å². The number of aromatic amines is 1. The fourth-order valence-corrected chi connectivity index (χ4v) is 3.15. The molecule has 2 heterocycles. The number of carbonyl (C=O) groups is 1. The number of hydrogen-bond donors (Lipinski definition) is 3. The van der Waals surface area contributed by atoms with Crippen molar-refractivity contribution >= 4 is 44.4 Å². The minimum atomic E-state index is -0.228. The molecule has 4 aromatic rings. The molecule has 0 saturated heterocycles. The normalized spacial score (nSPS) is 11.0. The second kappa shape index (κ2) is 6.29. The van der Waals surface area contributed by atoms with Crippen LogP contribution in [-0.4, -0.2) is 27.1 Å². The summed E-state index contributed by atoms with van der Waals surface area (Å²) in [5.74, 6) is 0. The highest BCUT2D eigenvalue weighted by Gasteiger charge is 2.05. The molecule has 2 aromatic carbocycles. The number of nitrogens with one attached hydrogen (secondary N) is 3. The van der Waals surface area contributed by atoms with Gasteiger partial charge in [0.05, 0.1) is 4.70 Å². The predicted molar refractivity (Wildman–Crippen MR) is 96.4 cm³/mol. The number of anilines is 1. The predicted octanol–water partition coefficient (Wildman–Crippen LogP) is 3.54. The average Bonchev–Trinajstić information content (AvgIpc) is 3.20. The monoisotopic (exact) mass is 337 g/mol. The van der Waals surface area contributed by atoms with Gasteiger partial charge in [-0.25, -0.2) is 4.79 Å². The van der Waals surface area contributed by atoms with Gasteiger partial charge < -0.3 is 15.6 Å². The van der Waals surface area contributed by atoms with Crippen LogP contribution in [0.2, 0.25) is 0 Å². The van der Waals surface area contributed by atoms with Crippen LogP contribution in [-0.2, 0) is 6.42 Å². The number of nitrogens with zero attached hydrogens (tertiary/aromatic N) is 2. The van der Waals surface area contributed by atoms with Gasteiger partial charge in [0, 0.05) is 29.9 Å². The fourth-order valence-electron chi connectivity index (χ4n) is 2.61. The van der Waals surface area contributed by atoms with Crippen molar-refractivity contribution in [1.29, 1.82) is 0 Å². The number of carbonyl (C=O) groups excluding carboxylic acids is 1. The lowest BCUT2D eigenvalue weighted by Gasteiger charge is -2.07. The van der Waals surface area contributed by atoms with Crippen molar-refractivity contribution in [1.82, 2.24) is 19.9 Å². The Morgan fingerprint density at radius 2 is 2.08 bits per heavy atom. The summed E-state index contributed by atoms with van der Waals surface area (Å²) in [5.41, 5.74) is 3.71. The fraction of sp³-hybridized carbons (Fsp3) is 0.118. The summed E-state index contributed by atoms with van der Waals surface area (Å²) < 4.78 is 4.88. The number of H-pyrrole nitrogens is 1. The molecule has 24 heavy (non-hydrogen) atoms. The Morgan fingerprint density at radius 1 is 1.17 bits per heavy atom. The van der Waals surface area contributed by atoms with E-state index in [0.29, 0.717) is 12.2 Å². The lowest BCUT2D eigenvalue weighted by molar-refractivity contribution is 0.252. The quantitative estimate of drug-likeness (QED) is 0.533. The van der Waals surface area contributed by atoms with Crippen molar-refractivity contribution in [2.45, 2.75) is 6.42 Å². The molecule has 3 N–H and O–H groups in total. The number of benzene rings is 2. The van der Waals surface area contributed by atoms with Gasteiger partial charge in [0.15, 0.2) is 0 Å². The number of urea groups is 1. The Morgan fingerprint density at radius 3 is 3.00 bits per heavy atom. The third-order valence-electron chi connectivity index (χ3n) is 3.77. The zero-order chi connectivity index (χ0) is 16.4. The smallest absolute Gasteiger partial charge is 0.319 e. The third-order valence-corrected chi connectivity index (χ3v) is 4.48. The van der Waals surface area contributed by atoms with E-state index in [4.69, 9.17) is 0 Å². The molecule has 0 bridgehead atoms.